The summed E-state index contributed by atoms with van der Waals surface area (Å²) in [5.41, 5.74) is 1.67. The van der Waals surface area contributed by atoms with E-state index in [-0.39, 0.29) is 17.1 Å². The SMILES string of the molecule is CCn1c(=O)c2c(nc(SCC(=O)c3ccc(C)cc3)n2C)n(C)c1=O. The first-order valence-corrected chi connectivity index (χ1v) is 9.22. The van der Waals surface area contributed by atoms with Gasteiger partial charge in [-0.05, 0) is 13.8 Å². The van der Waals surface area contributed by atoms with Crippen molar-refractivity contribution in [3.8, 4) is 0 Å². The van der Waals surface area contributed by atoms with E-state index in [1.807, 2.05) is 19.1 Å². The number of fused-ring (bicyclic) bond motifs is 1. The minimum absolute atomic E-state index is 0.0121. The first-order valence-electron chi connectivity index (χ1n) is 8.24. The number of thioether (sulfide) groups is 1. The monoisotopic (exact) mass is 372 g/mol. The fraction of sp³-hybridized carbons (Fsp3) is 0.333. The molecule has 0 saturated heterocycles. The molecular formula is C18H20N4O3S. The average molecular weight is 372 g/mol. The van der Waals surface area contributed by atoms with Gasteiger partial charge in [0.2, 0.25) is 0 Å². The summed E-state index contributed by atoms with van der Waals surface area (Å²) in [6.07, 6.45) is 0. The molecule has 136 valence electrons. The molecule has 0 radical (unpaired) electrons. The van der Waals surface area contributed by atoms with Crippen molar-refractivity contribution in [2.45, 2.75) is 25.5 Å². The van der Waals surface area contributed by atoms with Crippen LogP contribution in [0.15, 0.2) is 39.0 Å². The summed E-state index contributed by atoms with van der Waals surface area (Å²) in [5.74, 6) is 0.192. The number of hydrogen-bond donors (Lipinski definition) is 0. The summed E-state index contributed by atoms with van der Waals surface area (Å²) in [7, 11) is 3.31. The van der Waals surface area contributed by atoms with Crippen LogP contribution >= 0.6 is 11.8 Å². The Balaban J connectivity index is 1.95. The number of aromatic nitrogens is 4. The molecule has 0 bridgehead atoms. The van der Waals surface area contributed by atoms with Crippen LogP contribution in [0.5, 0.6) is 0 Å². The Labute approximate surface area is 154 Å². The van der Waals surface area contributed by atoms with E-state index in [4.69, 9.17) is 0 Å². The zero-order valence-electron chi connectivity index (χ0n) is 15.1. The lowest BCUT2D eigenvalue weighted by atomic mass is 10.1. The molecule has 0 atom stereocenters. The topological polar surface area (TPSA) is 78.9 Å². The lowest BCUT2D eigenvalue weighted by Crippen LogP contribution is -2.39. The second kappa shape index (κ2) is 6.95. The molecule has 2 aromatic heterocycles. The Morgan fingerprint density at radius 2 is 1.77 bits per heavy atom. The summed E-state index contributed by atoms with van der Waals surface area (Å²) in [6, 6.07) is 7.40. The van der Waals surface area contributed by atoms with E-state index in [1.165, 1.54) is 20.9 Å². The Morgan fingerprint density at radius 3 is 2.38 bits per heavy atom. The van der Waals surface area contributed by atoms with Crippen molar-refractivity contribution < 1.29 is 4.79 Å². The Hall–Kier alpha value is -2.61. The molecule has 3 rings (SSSR count). The maximum absolute atomic E-state index is 12.6. The summed E-state index contributed by atoms with van der Waals surface area (Å²) in [4.78, 5) is 41.6. The van der Waals surface area contributed by atoms with Crippen molar-refractivity contribution in [2.24, 2.45) is 14.1 Å². The molecule has 0 amide bonds. The van der Waals surface area contributed by atoms with E-state index in [1.54, 1.807) is 37.7 Å². The van der Waals surface area contributed by atoms with E-state index in [0.717, 1.165) is 5.56 Å². The van der Waals surface area contributed by atoms with E-state index in [0.29, 0.717) is 28.4 Å². The zero-order chi connectivity index (χ0) is 19.0. The molecule has 0 aliphatic carbocycles. The summed E-state index contributed by atoms with van der Waals surface area (Å²) >= 11 is 1.26. The van der Waals surface area contributed by atoms with E-state index >= 15 is 0 Å². The Kier molecular flexibility index (Phi) is 4.86. The molecule has 3 aromatic rings. The van der Waals surface area contributed by atoms with Crippen molar-refractivity contribution in [1.82, 2.24) is 18.7 Å². The van der Waals surface area contributed by atoms with Gasteiger partial charge in [0.05, 0.1) is 5.75 Å². The molecular weight excluding hydrogens is 352 g/mol. The fourth-order valence-corrected chi connectivity index (χ4v) is 3.65. The van der Waals surface area contributed by atoms with Crippen molar-refractivity contribution >= 4 is 28.7 Å². The van der Waals surface area contributed by atoms with Gasteiger partial charge in [-0.25, -0.2) is 9.78 Å². The van der Waals surface area contributed by atoms with Crippen LogP contribution in [0.2, 0.25) is 0 Å². The molecule has 0 fully saturated rings. The Morgan fingerprint density at radius 1 is 1.12 bits per heavy atom. The largest absolute Gasteiger partial charge is 0.332 e. The van der Waals surface area contributed by atoms with Gasteiger partial charge in [-0.15, -0.1) is 0 Å². The van der Waals surface area contributed by atoms with Crippen LogP contribution in [0.4, 0.5) is 0 Å². The highest BCUT2D eigenvalue weighted by atomic mass is 32.2. The molecule has 2 heterocycles. The average Bonchev–Trinajstić information content (AvgIpc) is 2.96. The standard InChI is InChI=1S/C18H20N4O3S/c1-5-22-16(24)14-15(21(4)18(22)25)19-17(20(14)3)26-10-13(23)12-8-6-11(2)7-9-12/h6-9H,5,10H2,1-4H3. The number of hydrogen-bond acceptors (Lipinski definition) is 5. The number of nitrogens with zero attached hydrogens (tertiary/aromatic N) is 4. The van der Waals surface area contributed by atoms with Gasteiger partial charge in [-0.1, -0.05) is 41.6 Å². The van der Waals surface area contributed by atoms with Gasteiger partial charge in [0.1, 0.15) is 0 Å². The van der Waals surface area contributed by atoms with Crippen molar-refractivity contribution in [3.63, 3.8) is 0 Å². The fourth-order valence-electron chi connectivity index (χ4n) is 2.78. The van der Waals surface area contributed by atoms with Crippen LogP contribution in [0, 0.1) is 6.92 Å². The number of rotatable bonds is 5. The van der Waals surface area contributed by atoms with Crippen molar-refractivity contribution in [1.29, 1.82) is 0 Å². The van der Waals surface area contributed by atoms with E-state index < -0.39 is 5.69 Å². The lowest BCUT2D eigenvalue weighted by Gasteiger charge is -2.05. The van der Waals surface area contributed by atoms with Gasteiger partial charge in [0, 0.05) is 26.2 Å². The van der Waals surface area contributed by atoms with Gasteiger partial charge in [-0.2, -0.15) is 0 Å². The number of carbonyl (C=O) groups excluding carboxylic acids is 1. The third kappa shape index (κ3) is 3.01. The maximum Gasteiger partial charge on any atom is 0.332 e. The molecule has 0 aliphatic heterocycles. The third-order valence-corrected chi connectivity index (χ3v) is 5.37. The highest BCUT2D eigenvalue weighted by Gasteiger charge is 2.19. The quantitative estimate of drug-likeness (QED) is 0.503. The molecule has 26 heavy (non-hydrogen) atoms. The van der Waals surface area contributed by atoms with Crippen molar-refractivity contribution in [2.75, 3.05) is 5.75 Å². The smallest absolute Gasteiger partial charge is 0.316 e. The first-order chi connectivity index (χ1) is 12.3. The van der Waals surface area contributed by atoms with Gasteiger partial charge in [0.15, 0.2) is 22.1 Å². The lowest BCUT2D eigenvalue weighted by molar-refractivity contribution is 0.102. The number of benzene rings is 1. The molecule has 8 heteroatoms. The predicted octanol–water partition coefficient (Wildman–Crippen LogP) is 1.74. The summed E-state index contributed by atoms with van der Waals surface area (Å²) in [6.45, 7) is 4.01. The minimum Gasteiger partial charge on any atom is -0.316 e. The van der Waals surface area contributed by atoms with Crippen LogP contribution < -0.4 is 11.2 Å². The highest BCUT2D eigenvalue weighted by molar-refractivity contribution is 7.99. The molecule has 0 aliphatic rings. The molecule has 7 nitrogen and oxygen atoms in total. The number of ketones is 1. The van der Waals surface area contributed by atoms with Gasteiger partial charge in [-0.3, -0.25) is 18.7 Å². The normalized spacial score (nSPS) is 11.2. The van der Waals surface area contributed by atoms with Crippen LogP contribution in [0.1, 0.15) is 22.8 Å². The third-order valence-electron chi connectivity index (χ3n) is 4.34. The van der Waals surface area contributed by atoms with Crippen LogP contribution in [-0.2, 0) is 20.6 Å². The predicted molar refractivity (Wildman–Crippen MR) is 102 cm³/mol. The number of Topliss-reactive ketones (excluding diaryl/α,β-unsaturated/α-hetero) is 1. The van der Waals surface area contributed by atoms with Gasteiger partial charge >= 0.3 is 5.69 Å². The molecule has 0 saturated carbocycles. The van der Waals surface area contributed by atoms with Gasteiger partial charge in [0.25, 0.3) is 5.56 Å². The van der Waals surface area contributed by atoms with Gasteiger partial charge < -0.3 is 4.57 Å². The molecule has 0 N–H and O–H groups in total. The van der Waals surface area contributed by atoms with E-state index in [9.17, 15) is 14.4 Å². The molecule has 1 aromatic carbocycles. The van der Waals surface area contributed by atoms with Crippen LogP contribution in [0.3, 0.4) is 0 Å². The maximum atomic E-state index is 12.6. The molecule has 0 unspecified atom stereocenters. The minimum atomic E-state index is -0.393. The van der Waals surface area contributed by atoms with E-state index in [2.05, 4.69) is 4.98 Å². The number of carbonyl (C=O) groups is 1. The second-order valence-electron chi connectivity index (χ2n) is 6.09. The Bertz CT molecular complexity index is 1110. The highest BCUT2D eigenvalue weighted by Crippen LogP contribution is 2.21. The first kappa shape index (κ1) is 18.2. The van der Waals surface area contributed by atoms with Crippen molar-refractivity contribution in [3.05, 3.63) is 56.2 Å². The number of imidazole rings is 1. The van der Waals surface area contributed by atoms with Crippen LogP contribution in [-0.4, -0.2) is 30.2 Å². The second-order valence-corrected chi connectivity index (χ2v) is 7.04. The number of aryl methyl sites for hydroxylation is 3. The summed E-state index contributed by atoms with van der Waals surface area (Å²) < 4.78 is 4.19. The summed E-state index contributed by atoms with van der Waals surface area (Å²) in [5, 5.41) is 0.529. The molecule has 0 spiro atoms. The zero-order valence-corrected chi connectivity index (χ0v) is 16.0. The van der Waals surface area contributed by atoms with Crippen LogP contribution in [0.25, 0.3) is 11.2 Å².